The molecule has 1 atom stereocenters. The molecular formula is C17H24N2O3. The zero-order valence-electron chi connectivity index (χ0n) is 13.0. The average Bonchev–Trinajstić information content (AvgIpc) is 2.53. The van der Waals surface area contributed by atoms with Crippen molar-refractivity contribution >= 4 is 12.0 Å². The highest BCUT2D eigenvalue weighted by Gasteiger charge is 2.22. The van der Waals surface area contributed by atoms with Crippen molar-refractivity contribution in [2.24, 2.45) is 0 Å². The van der Waals surface area contributed by atoms with Crippen LogP contribution in [-0.2, 0) is 16.0 Å². The van der Waals surface area contributed by atoms with E-state index in [2.05, 4.69) is 17.2 Å². The summed E-state index contributed by atoms with van der Waals surface area (Å²) in [5.74, 6) is -0.464. The number of esters is 1. The van der Waals surface area contributed by atoms with Crippen molar-refractivity contribution in [1.29, 1.82) is 0 Å². The molecule has 5 heteroatoms. The summed E-state index contributed by atoms with van der Waals surface area (Å²) in [6, 6.07) is 8.42. The second-order valence-corrected chi connectivity index (χ2v) is 4.91. The van der Waals surface area contributed by atoms with Crippen LogP contribution in [0, 0.1) is 0 Å². The lowest BCUT2D eigenvalue weighted by Gasteiger charge is -2.18. The molecule has 0 heterocycles. The third-order valence-electron chi connectivity index (χ3n) is 3.03. The molecule has 2 amide bonds. The van der Waals surface area contributed by atoms with Crippen LogP contribution in [0.1, 0.15) is 25.3 Å². The van der Waals surface area contributed by atoms with Crippen molar-refractivity contribution in [3.8, 4) is 0 Å². The number of nitrogens with one attached hydrogen (secondary N) is 2. The van der Waals surface area contributed by atoms with E-state index in [1.54, 1.807) is 0 Å². The summed E-state index contributed by atoms with van der Waals surface area (Å²) in [5.41, 5.74) is 0.955. The summed E-state index contributed by atoms with van der Waals surface area (Å²) in [4.78, 5) is 23.9. The van der Waals surface area contributed by atoms with Gasteiger partial charge in [-0.3, -0.25) is 0 Å². The maximum Gasteiger partial charge on any atom is 0.329 e. The smallest absolute Gasteiger partial charge is 0.329 e. The van der Waals surface area contributed by atoms with Gasteiger partial charge in [-0.15, -0.1) is 0 Å². The first kappa shape index (κ1) is 17.8. The van der Waals surface area contributed by atoms with Gasteiger partial charge >= 0.3 is 12.0 Å². The van der Waals surface area contributed by atoms with Crippen LogP contribution in [-0.4, -0.2) is 31.2 Å². The lowest BCUT2D eigenvalue weighted by molar-refractivity contribution is -0.144. The lowest BCUT2D eigenvalue weighted by atomic mass is 10.1. The first-order valence-corrected chi connectivity index (χ1v) is 7.53. The van der Waals surface area contributed by atoms with E-state index in [9.17, 15) is 9.59 Å². The van der Waals surface area contributed by atoms with E-state index in [-0.39, 0.29) is 12.6 Å². The second-order valence-electron chi connectivity index (χ2n) is 4.91. The van der Waals surface area contributed by atoms with Gasteiger partial charge < -0.3 is 15.4 Å². The molecule has 0 aliphatic heterocycles. The fourth-order valence-corrected chi connectivity index (χ4v) is 1.87. The van der Waals surface area contributed by atoms with E-state index in [0.717, 1.165) is 18.4 Å². The van der Waals surface area contributed by atoms with Gasteiger partial charge in [0.05, 0.1) is 0 Å². The molecule has 5 nitrogen and oxygen atoms in total. The quantitative estimate of drug-likeness (QED) is 0.418. The molecule has 22 heavy (non-hydrogen) atoms. The molecule has 2 N–H and O–H groups in total. The Labute approximate surface area is 131 Å². The van der Waals surface area contributed by atoms with E-state index in [1.807, 2.05) is 37.3 Å². The molecule has 0 spiro atoms. The van der Waals surface area contributed by atoms with E-state index in [1.165, 1.54) is 6.08 Å². The predicted molar refractivity (Wildman–Crippen MR) is 86.5 cm³/mol. The molecule has 0 aliphatic rings. The Bertz CT molecular complexity index is 474. The largest absolute Gasteiger partial charge is 0.460 e. The first-order valence-electron chi connectivity index (χ1n) is 7.53. The van der Waals surface area contributed by atoms with Crippen molar-refractivity contribution in [3.63, 3.8) is 0 Å². The van der Waals surface area contributed by atoms with Crippen LogP contribution >= 0.6 is 0 Å². The van der Waals surface area contributed by atoms with Gasteiger partial charge in [0.15, 0.2) is 0 Å². The first-order chi connectivity index (χ1) is 10.7. The number of hydrogen-bond acceptors (Lipinski definition) is 3. The zero-order valence-corrected chi connectivity index (χ0v) is 13.0. The molecule has 0 saturated carbocycles. The van der Waals surface area contributed by atoms with Crippen molar-refractivity contribution in [3.05, 3.63) is 48.6 Å². The number of carbonyl (C=O) groups excluding carboxylic acids is 2. The predicted octanol–water partition coefficient (Wildman–Crippen LogP) is 2.43. The molecular weight excluding hydrogens is 280 g/mol. The number of ether oxygens (including phenoxy) is 1. The van der Waals surface area contributed by atoms with Gasteiger partial charge in [0.25, 0.3) is 0 Å². The lowest BCUT2D eigenvalue weighted by Crippen LogP contribution is -2.48. The van der Waals surface area contributed by atoms with Crippen molar-refractivity contribution in [2.45, 2.75) is 32.2 Å². The number of carbonyl (C=O) groups is 2. The van der Waals surface area contributed by atoms with Gasteiger partial charge in [-0.25, -0.2) is 9.59 Å². The zero-order chi connectivity index (χ0) is 16.2. The summed E-state index contributed by atoms with van der Waals surface area (Å²) < 4.78 is 5.05. The maximum absolute atomic E-state index is 12.1. The molecule has 0 aromatic heterocycles. The van der Waals surface area contributed by atoms with Gasteiger partial charge in [-0.1, -0.05) is 56.3 Å². The molecule has 1 aromatic carbocycles. The van der Waals surface area contributed by atoms with Gasteiger partial charge in [0.2, 0.25) is 0 Å². The Balaban J connectivity index is 2.62. The minimum atomic E-state index is -0.719. The second kappa shape index (κ2) is 10.4. The van der Waals surface area contributed by atoms with E-state index < -0.39 is 12.0 Å². The molecule has 1 rings (SSSR count). The fraction of sp³-hybridized carbons (Fsp3) is 0.412. The minimum absolute atomic E-state index is 0.128. The number of urea groups is 1. The summed E-state index contributed by atoms with van der Waals surface area (Å²) in [5, 5.41) is 5.41. The normalized spacial score (nSPS) is 11.3. The molecule has 1 aromatic rings. The molecule has 0 bridgehead atoms. The Kier molecular flexibility index (Phi) is 8.42. The van der Waals surface area contributed by atoms with Gasteiger partial charge in [-0.05, 0) is 12.0 Å². The number of rotatable bonds is 9. The minimum Gasteiger partial charge on any atom is -0.460 e. The van der Waals surface area contributed by atoms with Crippen LogP contribution in [0.15, 0.2) is 43.0 Å². The van der Waals surface area contributed by atoms with Crippen LogP contribution in [0.4, 0.5) is 4.79 Å². The van der Waals surface area contributed by atoms with E-state index in [0.29, 0.717) is 13.0 Å². The van der Waals surface area contributed by atoms with Crippen LogP contribution in [0.2, 0.25) is 0 Å². The summed E-state index contributed by atoms with van der Waals surface area (Å²) in [6.07, 6.45) is 3.78. The van der Waals surface area contributed by atoms with Gasteiger partial charge in [0, 0.05) is 13.0 Å². The van der Waals surface area contributed by atoms with Crippen LogP contribution in [0.25, 0.3) is 0 Å². The monoisotopic (exact) mass is 304 g/mol. The van der Waals surface area contributed by atoms with Crippen LogP contribution < -0.4 is 10.6 Å². The average molecular weight is 304 g/mol. The summed E-state index contributed by atoms with van der Waals surface area (Å²) in [7, 11) is 0. The summed E-state index contributed by atoms with van der Waals surface area (Å²) in [6.45, 7) is 6.27. The third kappa shape index (κ3) is 6.92. The number of unbranched alkanes of at least 4 members (excludes halogenated alkanes) is 1. The van der Waals surface area contributed by atoms with Crippen LogP contribution in [0.3, 0.4) is 0 Å². The molecule has 1 unspecified atom stereocenters. The Hall–Kier alpha value is -2.30. The Morgan fingerprint density at radius 3 is 2.68 bits per heavy atom. The van der Waals surface area contributed by atoms with Gasteiger partial charge in [-0.2, -0.15) is 0 Å². The van der Waals surface area contributed by atoms with E-state index >= 15 is 0 Å². The molecule has 0 radical (unpaired) electrons. The molecule has 0 fully saturated rings. The van der Waals surface area contributed by atoms with Gasteiger partial charge in [0.1, 0.15) is 12.6 Å². The molecule has 120 valence electrons. The van der Waals surface area contributed by atoms with Crippen LogP contribution in [0.5, 0.6) is 0 Å². The highest BCUT2D eigenvalue weighted by Crippen LogP contribution is 2.05. The Morgan fingerprint density at radius 1 is 1.32 bits per heavy atom. The Morgan fingerprint density at radius 2 is 2.05 bits per heavy atom. The number of benzene rings is 1. The highest BCUT2D eigenvalue weighted by atomic mass is 16.5. The summed E-state index contributed by atoms with van der Waals surface area (Å²) >= 11 is 0. The topological polar surface area (TPSA) is 67.4 Å². The standard InChI is InChI=1S/C17H24N2O3/c1-3-5-11-18-17(21)19-15(16(20)22-12-4-2)13-14-9-7-6-8-10-14/h4,6-10,15H,2-3,5,11-13H2,1H3,(H2,18,19,21). The SMILES string of the molecule is C=CCOC(=O)C(Cc1ccccc1)NC(=O)NCCCC. The van der Waals surface area contributed by atoms with Crippen molar-refractivity contribution < 1.29 is 14.3 Å². The maximum atomic E-state index is 12.1. The van der Waals surface area contributed by atoms with E-state index in [4.69, 9.17) is 4.74 Å². The highest BCUT2D eigenvalue weighted by molar-refractivity contribution is 5.83. The fourth-order valence-electron chi connectivity index (χ4n) is 1.87. The number of amides is 2. The molecule has 0 aliphatic carbocycles. The third-order valence-corrected chi connectivity index (χ3v) is 3.03. The number of hydrogen-bond donors (Lipinski definition) is 2. The molecule has 0 saturated heterocycles. The van der Waals surface area contributed by atoms with Crippen molar-refractivity contribution in [2.75, 3.05) is 13.2 Å². The van der Waals surface area contributed by atoms with Crippen molar-refractivity contribution in [1.82, 2.24) is 10.6 Å².